The first-order valence-electron chi connectivity index (χ1n) is 18.8. The van der Waals surface area contributed by atoms with Crippen molar-refractivity contribution < 1.29 is 32.3 Å². The topological polar surface area (TPSA) is 185 Å². The molecule has 298 valence electrons. The van der Waals surface area contributed by atoms with Crippen LogP contribution in [0.5, 0.6) is 0 Å². The van der Waals surface area contributed by atoms with Crippen molar-refractivity contribution in [2.24, 2.45) is 28.9 Å². The SMILES string of the molecule is CO[C@H]([C@@H](C)C(=O)NS(=O)(=O)c1ccc(N)cc1)[C@@H]1CCCN1C(=O)/C(C)=C/[C@H](C(C)C)N(C)C(=O)[C@@H](C(C)(C)C)C1(C(N)=O)CCCCN1C(C)C. The van der Waals surface area contributed by atoms with Gasteiger partial charge in [0.1, 0.15) is 5.54 Å². The van der Waals surface area contributed by atoms with Gasteiger partial charge in [-0.2, -0.15) is 0 Å². The minimum absolute atomic E-state index is 0.00216. The molecule has 1 aromatic rings. The van der Waals surface area contributed by atoms with Crippen LogP contribution in [0.25, 0.3) is 0 Å². The molecule has 14 heteroatoms. The van der Waals surface area contributed by atoms with Gasteiger partial charge in [-0.3, -0.25) is 24.1 Å². The molecule has 0 spiro atoms. The normalized spacial score (nSPS) is 22.7. The maximum atomic E-state index is 14.8. The fourth-order valence-corrected chi connectivity index (χ4v) is 9.63. The molecule has 53 heavy (non-hydrogen) atoms. The summed E-state index contributed by atoms with van der Waals surface area (Å²) in [6.07, 6.45) is 4.44. The van der Waals surface area contributed by atoms with E-state index < -0.39 is 62.8 Å². The van der Waals surface area contributed by atoms with Gasteiger partial charge in [-0.05, 0) is 95.0 Å². The molecule has 0 aliphatic carbocycles. The van der Waals surface area contributed by atoms with Gasteiger partial charge in [0.05, 0.1) is 34.9 Å². The number of rotatable bonds is 14. The molecule has 13 nitrogen and oxygen atoms in total. The quantitative estimate of drug-likeness (QED) is 0.187. The Kier molecular flexibility index (Phi) is 14.4. The summed E-state index contributed by atoms with van der Waals surface area (Å²) < 4.78 is 33.9. The Balaban J connectivity index is 1.90. The maximum absolute atomic E-state index is 14.8. The number of anilines is 1. The van der Waals surface area contributed by atoms with Crippen molar-refractivity contribution in [1.82, 2.24) is 19.4 Å². The first kappa shape index (κ1) is 43.9. The number of hydrogen-bond donors (Lipinski definition) is 3. The summed E-state index contributed by atoms with van der Waals surface area (Å²) in [5, 5.41) is 0. The molecule has 2 fully saturated rings. The highest BCUT2D eigenvalue weighted by Gasteiger charge is 2.58. The van der Waals surface area contributed by atoms with Gasteiger partial charge < -0.3 is 26.0 Å². The van der Waals surface area contributed by atoms with Gasteiger partial charge in [0, 0.05) is 38.0 Å². The molecule has 1 unspecified atom stereocenters. The van der Waals surface area contributed by atoms with E-state index in [-0.39, 0.29) is 28.7 Å². The number of carbonyl (C=O) groups excluding carboxylic acids is 4. The largest absolute Gasteiger partial charge is 0.399 e. The molecule has 4 amide bonds. The molecule has 2 saturated heterocycles. The number of hydrogen-bond acceptors (Lipinski definition) is 9. The third-order valence-electron chi connectivity index (χ3n) is 11.1. The molecule has 6 atom stereocenters. The lowest BCUT2D eigenvalue weighted by Gasteiger charge is -2.55. The minimum atomic E-state index is -4.17. The minimum Gasteiger partial charge on any atom is -0.399 e. The van der Waals surface area contributed by atoms with Crippen molar-refractivity contribution in [1.29, 1.82) is 0 Å². The Bertz CT molecular complexity index is 1620. The number of nitrogens with two attached hydrogens (primary N) is 2. The number of sulfonamides is 1. The van der Waals surface area contributed by atoms with E-state index in [1.165, 1.54) is 31.4 Å². The van der Waals surface area contributed by atoms with Crippen molar-refractivity contribution in [3.05, 3.63) is 35.9 Å². The summed E-state index contributed by atoms with van der Waals surface area (Å²) in [5.41, 5.74) is 11.0. The first-order chi connectivity index (χ1) is 24.5. The maximum Gasteiger partial charge on any atom is 0.264 e. The van der Waals surface area contributed by atoms with Crippen LogP contribution >= 0.6 is 0 Å². The molecule has 2 aliphatic rings. The lowest BCUT2D eigenvalue weighted by Crippen LogP contribution is -2.70. The van der Waals surface area contributed by atoms with Crippen molar-refractivity contribution in [3.63, 3.8) is 0 Å². The zero-order valence-corrected chi connectivity index (χ0v) is 34.5. The average Bonchev–Trinajstić information content (AvgIpc) is 3.55. The molecule has 1 aromatic carbocycles. The van der Waals surface area contributed by atoms with E-state index in [1.807, 2.05) is 54.5 Å². The molecule has 0 bridgehead atoms. The number of likely N-dealkylation sites (tertiary alicyclic amines) is 2. The standard InChI is InChI=1S/C39H64N6O7S/c1-24(2)31(43(10)36(48)33(38(7,8)9)39(37(41)49)20-12-13-22-45(39)25(3)4)23-26(5)35(47)44-21-14-15-30(44)32(52-11)27(6)34(46)42-53(50,51)29-18-16-28(40)17-19-29/h16-19,23-25,27,30-33H,12-15,20-22,40H2,1-11H3,(H2,41,49)(H,42,46)/b26-23+/t27-,30+,31-,32-,33+,39?/m1/s1. The third-order valence-corrected chi connectivity index (χ3v) is 12.5. The Morgan fingerprint density at radius 2 is 1.62 bits per heavy atom. The fourth-order valence-electron chi connectivity index (χ4n) is 8.56. The van der Waals surface area contributed by atoms with E-state index in [0.717, 1.165) is 12.8 Å². The first-order valence-corrected chi connectivity index (χ1v) is 20.3. The number of amides is 4. The number of likely N-dealkylation sites (N-methyl/N-ethyl adjacent to an activating group) is 1. The molecule has 0 aromatic heterocycles. The van der Waals surface area contributed by atoms with Crippen LogP contribution in [0.4, 0.5) is 5.69 Å². The third kappa shape index (κ3) is 9.43. The van der Waals surface area contributed by atoms with Crippen LogP contribution in [-0.2, 0) is 33.9 Å². The number of nitrogens with zero attached hydrogens (tertiary/aromatic N) is 3. The average molecular weight is 761 g/mol. The van der Waals surface area contributed by atoms with Gasteiger partial charge in [0.2, 0.25) is 23.6 Å². The zero-order valence-electron chi connectivity index (χ0n) is 33.6. The summed E-state index contributed by atoms with van der Waals surface area (Å²) in [6, 6.07) is 4.53. The van der Waals surface area contributed by atoms with Crippen LogP contribution in [0.15, 0.2) is 40.8 Å². The summed E-state index contributed by atoms with van der Waals surface area (Å²) in [4.78, 5) is 61.2. The molecule has 0 saturated carbocycles. The lowest BCUT2D eigenvalue weighted by molar-refractivity contribution is -0.162. The number of methoxy groups -OCH3 is 1. The molecule has 3 rings (SSSR count). The van der Waals surface area contributed by atoms with Crippen molar-refractivity contribution in [3.8, 4) is 0 Å². The predicted molar refractivity (Wildman–Crippen MR) is 207 cm³/mol. The van der Waals surface area contributed by atoms with Gasteiger partial charge in [-0.15, -0.1) is 0 Å². The van der Waals surface area contributed by atoms with Crippen LogP contribution < -0.4 is 16.2 Å². The second-order valence-electron chi connectivity index (χ2n) is 16.6. The second kappa shape index (κ2) is 17.3. The van der Waals surface area contributed by atoms with Crippen LogP contribution in [0.1, 0.15) is 94.4 Å². The fraction of sp³-hybridized carbons (Fsp3) is 0.692. The van der Waals surface area contributed by atoms with Gasteiger partial charge in [0.15, 0.2) is 0 Å². The number of nitrogen functional groups attached to an aromatic ring is 1. The number of primary amides is 1. The summed E-state index contributed by atoms with van der Waals surface area (Å²) in [5.74, 6) is -3.46. The summed E-state index contributed by atoms with van der Waals surface area (Å²) in [7, 11) is -0.991. The van der Waals surface area contributed by atoms with Crippen molar-refractivity contribution in [2.75, 3.05) is 33.0 Å². The van der Waals surface area contributed by atoms with Crippen molar-refractivity contribution >= 4 is 39.3 Å². The smallest absolute Gasteiger partial charge is 0.264 e. The second-order valence-corrected chi connectivity index (χ2v) is 18.3. The Morgan fingerprint density at radius 3 is 2.13 bits per heavy atom. The molecular formula is C39H64N6O7S. The monoisotopic (exact) mass is 760 g/mol. The number of piperidine rings is 1. The Labute approximate surface area is 317 Å². The van der Waals surface area contributed by atoms with E-state index >= 15 is 0 Å². The number of benzene rings is 1. The van der Waals surface area contributed by atoms with E-state index in [1.54, 1.807) is 30.7 Å². The van der Waals surface area contributed by atoms with Gasteiger partial charge in [-0.1, -0.05) is 47.6 Å². The van der Waals surface area contributed by atoms with Gasteiger partial charge >= 0.3 is 0 Å². The molecule has 2 aliphatic heterocycles. The van der Waals surface area contributed by atoms with E-state index in [9.17, 15) is 27.6 Å². The van der Waals surface area contributed by atoms with E-state index in [4.69, 9.17) is 16.2 Å². The highest BCUT2D eigenvalue weighted by molar-refractivity contribution is 7.90. The number of nitrogens with one attached hydrogen (secondary N) is 1. The zero-order chi connectivity index (χ0) is 40.2. The van der Waals surface area contributed by atoms with Crippen LogP contribution in [0, 0.1) is 23.2 Å². The van der Waals surface area contributed by atoms with E-state index in [0.29, 0.717) is 43.6 Å². The summed E-state index contributed by atoms with van der Waals surface area (Å²) >= 11 is 0. The molecule has 0 radical (unpaired) electrons. The Hall–Kier alpha value is -3.49. The predicted octanol–water partition coefficient (Wildman–Crippen LogP) is 3.93. The molecular weight excluding hydrogens is 697 g/mol. The molecule has 2 heterocycles. The molecule has 5 N–H and O–H groups in total. The number of carbonyl (C=O) groups is 4. The lowest BCUT2D eigenvalue weighted by atomic mass is 9.63. The van der Waals surface area contributed by atoms with Crippen LogP contribution in [-0.4, -0.2) is 104 Å². The highest BCUT2D eigenvalue weighted by Crippen LogP contribution is 2.46. The van der Waals surface area contributed by atoms with Crippen LogP contribution in [0.3, 0.4) is 0 Å². The number of ether oxygens (including phenoxy) is 1. The van der Waals surface area contributed by atoms with E-state index in [2.05, 4.69) is 9.62 Å². The highest BCUT2D eigenvalue weighted by atomic mass is 32.2. The summed E-state index contributed by atoms with van der Waals surface area (Å²) in [6.45, 7) is 18.4. The van der Waals surface area contributed by atoms with Gasteiger partial charge in [0.25, 0.3) is 10.0 Å². The van der Waals surface area contributed by atoms with Gasteiger partial charge in [-0.25, -0.2) is 13.1 Å². The van der Waals surface area contributed by atoms with Crippen LogP contribution in [0.2, 0.25) is 0 Å². The van der Waals surface area contributed by atoms with Crippen molar-refractivity contribution in [2.45, 2.75) is 129 Å². The Morgan fingerprint density at radius 1 is 1.02 bits per heavy atom.